The lowest BCUT2D eigenvalue weighted by molar-refractivity contribution is -0.113. The molecule has 0 aliphatic heterocycles. The van der Waals surface area contributed by atoms with E-state index in [9.17, 15) is 4.79 Å². The van der Waals surface area contributed by atoms with Crippen LogP contribution in [0.2, 0.25) is 5.02 Å². The lowest BCUT2D eigenvalue weighted by atomic mass is 10.1. The van der Waals surface area contributed by atoms with Crippen LogP contribution < -0.4 is 5.32 Å². The molecule has 6 nitrogen and oxygen atoms in total. The van der Waals surface area contributed by atoms with Gasteiger partial charge in [-0.1, -0.05) is 47.1 Å². The first-order valence-electron chi connectivity index (χ1n) is 7.53. The minimum Gasteiger partial charge on any atom is -0.310 e. The molecule has 0 saturated heterocycles. The molecule has 0 saturated carbocycles. The van der Waals surface area contributed by atoms with Crippen molar-refractivity contribution in [2.45, 2.75) is 12.1 Å². The summed E-state index contributed by atoms with van der Waals surface area (Å²) in [7, 11) is 1.89. The minimum atomic E-state index is -0.167. The number of rotatable bonds is 5. The highest BCUT2D eigenvalue weighted by Gasteiger charge is 2.13. The van der Waals surface area contributed by atoms with E-state index in [4.69, 9.17) is 11.6 Å². The number of benzene rings is 1. The van der Waals surface area contributed by atoms with Gasteiger partial charge in [0.2, 0.25) is 5.91 Å². The van der Waals surface area contributed by atoms with Gasteiger partial charge >= 0.3 is 0 Å². The Bertz CT molecular complexity index is 894. The van der Waals surface area contributed by atoms with Crippen LogP contribution in [0.3, 0.4) is 0 Å². The summed E-state index contributed by atoms with van der Waals surface area (Å²) >= 11 is 7.09. The lowest BCUT2D eigenvalue weighted by Crippen LogP contribution is -2.15. The van der Waals surface area contributed by atoms with Crippen LogP contribution in [0.1, 0.15) is 5.56 Å². The van der Waals surface area contributed by atoms with E-state index in [0.717, 1.165) is 17.0 Å². The molecule has 0 bridgehead atoms. The molecule has 1 aromatic carbocycles. The van der Waals surface area contributed by atoms with Gasteiger partial charge in [0, 0.05) is 18.8 Å². The normalized spacial score (nSPS) is 10.7. The maximum Gasteiger partial charge on any atom is 0.236 e. The smallest absolute Gasteiger partial charge is 0.236 e. The monoisotopic (exact) mass is 373 g/mol. The molecule has 0 radical (unpaired) electrons. The zero-order valence-electron chi connectivity index (χ0n) is 13.7. The maximum absolute atomic E-state index is 12.0. The van der Waals surface area contributed by atoms with Crippen molar-refractivity contribution >= 4 is 35.1 Å². The molecule has 0 spiro atoms. The zero-order valence-corrected chi connectivity index (χ0v) is 15.3. The summed E-state index contributed by atoms with van der Waals surface area (Å²) in [5, 5.41) is 12.3. The van der Waals surface area contributed by atoms with Gasteiger partial charge in [0.1, 0.15) is 5.82 Å². The number of aryl methyl sites for hydroxylation is 1. The quantitative estimate of drug-likeness (QED) is 0.692. The Balaban J connectivity index is 1.64. The number of pyridine rings is 1. The molecule has 8 heteroatoms. The van der Waals surface area contributed by atoms with Gasteiger partial charge in [-0.2, -0.15) is 0 Å². The highest BCUT2D eigenvalue weighted by atomic mass is 35.5. The largest absolute Gasteiger partial charge is 0.310 e. The van der Waals surface area contributed by atoms with Gasteiger partial charge in [0.15, 0.2) is 11.0 Å². The van der Waals surface area contributed by atoms with E-state index in [1.807, 2.05) is 36.7 Å². The molecule has 1 amide bonds. The summed E-state index contributed by atoms with van der Waals surface area (Å²) in [6.07, 6.45) is 1.49. The van der Waals surface area contributed by atoms with Crippen molar-refractivity contribution in [1.29, 1.82) is 0 Å². The number of amides is 1. The van der Waals surface area contributed by atoms with E-state index in [0.29, 0.717) is 16.0 Å². The fourth-order valence-corrected chi connectivity index (χ4v) is 3.06. The average Bonchev–Trinajstić information content (AvgIpc) is 2.96. The first kappa shape index (κ1) is 17.4. The number of nitrogens with zero attached hydrogens (tertiary/aromatic N) is 4. The van der Waals surface area contributed by atoms with E-state index in [1.54, 1.807) is 12.1 Å². The minimum absolute atomic E-state index is 0.167. The average molecular weight is 374 g/mol. The van der Waals surface area contributed by atoms with Crippen LogP contribution in [0.4, 0.5) is 5.82 Å². The predicted octanol–water partition coefficient (Wildman–Crippen LogP) is 3.57. The molecule has 3 rings (SSSR count). The topological polar surface area (TPSA) is 72.7 Å². The molecule has 3 aromatic rings. The van der Waals surface area contributed by atoms with Crippen molar-refractivity contribution in [2.75, 3.05) is 11.1 Å². The SMILES string of the molecule is Cc1cccc(-c2nnc(SCC(=O)Nc3ccc(Cl)cn3)n2C)c1. The number of anilines is 1. The molecule has 0 aliphatic carbocycles. The van der Waals surface area contributed by atoms with Gasteiger partial charge in [-0.05, 0) is 25.1 Å². The maximum atomic E-state index is 12.0. The van der Waals surface area contributed by atoms with E-state index < -0.39 is 0 Å². The third-order valence-corrected chi connectivity index (χ3v) is 4.68. The van der Waals surface area contributed by atoms with Crippen molar-refractivity contribution in [2.24, 2.45) is 7.05 Å². The molecule has 25 heavy (non-hydrogen) atoms. The Morgan fingerprint density at radius 2 is 2.12 bits per heavy atom. The van der Waals surface area contributed by atoms with E-state index in [1.165, 1.54) is 18.0 Å². The van der Waals surface area contributed by atoms with Gasteiger partial charge in [0.05, 0.1) is 10.8 Å². The van der Waals surface area contributed by atoms with Crippen LogP contribution in [0.15, 0.2) is 47.8 Å². The molecule has 128 valence electrons. The molecule has 2 aromatic heterocycles. The molecule has 1 N–H and O–H groups in total. The number of aromatic nitrogens is 4. The number of carbonyl (C=O) groups is 1. The number of halogens is 1. The van der Waals surface area contributed by atoms with Gasteiger partial charge in [-0.25, -0.2) is 4.98 Å². The Morgan fingerprint density at radius 3 is 2.84 bits per heavy atom. The van der Waals surface area contributed by atoms with Crippen LogP contribution >= 0.6 is 23.4 Å². The summed E-state index contributed by atoms with van der Waals surface area (Å²) in [4.78, 5) is 16.1. The van der Waals surface area contributed by atoms with Crippen molar-refractivity contribution in [1.82, 2.24) is 19.7 Å². The second-order valence-electron chi connectivity index (χ2n) is 5.43. The Morgan fingerprint density at radius 1 is 1.28 bits per heavy atom. The van der Waals surface area contributed by atoms with Crippen molar-refractivity contribution in [3.05, 3.63) is 53.2 Å². The second-order valence-corrected chi connectivity index (χ2v) is 6.81. The number of hydrogen-bond acceptors (Lipinski definition) is 5. The molecular formula is C17H16ClN5OS. The first-order valence-corrected chi connectivity index (χ1v) is 8.90. The summed E-state index contributed by atoms with van der Waals surface area (Å²) in [6.45, 7) is 2.03. The van der Waals surface area contributed by atoms with Gasteiger partial charge < -0.3 is 9.88 Å². The number of hydrogen-bond donors (Lipinski definition) is 1. The zero-order chi connectivity index (χ0) is 17.8. The van der Waals surface area contributed by atoms with Gasteiger partial charge in [0.25, 0.3) is 0 Å². The van der Waals surface area contributed by atoms with E-state index in [-0.39, 0.29) is 11.7 Å². The summed E-state index contributed by atoms with van der Waals surface area (Å²) in [5.74, 6) is 1.28. The molecule has 2 heterocycles. The Labute approximate surface area is 154 Å². The predicted molar refractivity (Wildman–Crippen MR) is 99.8 cm³/mol. The summed E-state index contributed by atoms with van der Waals surface area (Å²) in [6, 6.07) is 11.4. The Kier molecular flexibility index (Phi) is 5.35. The molecule has 0 aliphatic rings. The molecule has 0 fully saturated rings. The summed E-state index contributed by atoms with van der Waals surface area (Å²) < 4.78 is 1.88. The van der Waals surface area contributed by atoms with Gasteiger partial charge in [-0.3, -0.25) is 4.79 Å². The van der Waals surface area contributed by atoms with Crippen LogP contribution in [0.25, 0.3) is 11.4 Å². The third kappa shape index (κ3) is 4.37. The van der Waals surface area contributed by atoms with E-state index >= 15 is 0 Å². The highest BCUT2D eigenvalue weighted by molar-refractivity contribution is 7.99. The van der Waals surface area contributed by atoms with E-state index in [2.05, 4.69) is 26.6 Å². The van der Waals surface area contributed by atoms with Gasteiger partial charge in [-0.15, -0.1) is 10.2 Å². The Hall–Kier alpha value is -2.38. The fraction of sp³-hybridized carbons (Fsp3) is 0.176. The van der Waals surface area contributed by atoms with Crippen molar-refractivity contribution in [3.8, 4) is 11.4 Å². The standard InChI is InChI=1S/C17H16ClN5OS/c1-11-4-3-5-12(8-11)16-21-22-17(23(16)2)25-10-15(24)20-14-7-6-13(18)9-19-14/h3-9H,10H2,1-2H3,(H,19,20,24). The van der Waals surface area contributed by atoms with Crippen LogP contribution in [-0.2, 0) is 11.8 Å². The third-order valence-electron chi connectivity index (χ3n) is 3.44. The molecular weight excluding hydrogens is 358 g/mol. The second kappa shape index (κ2) is 7.67. The molecule has 0 unspecified atom stereocenters. The summed E-state index contributed by atoms with van der Waals surface area (Å²) in [5.41, 5.74) is 2.15. The number of nitrogens with one attached hydrogen (secondary N) is 1. The first-order chi connectivity index (χ1) is 12.0. The number of carbonyl (C=O) groups excluding carboxylic acids is 1. The van der Waals surface area contributed by atoms with Crippen LogP contribution in [-0.4, -0.2) is 31.4 Å². The lowest BCUT2D eigenvalue weighted by Gasteiger charge is -2.05. The fourth-order valence-electron chi connectivity index (χ4n) is 2.23. The number of thioether (sulfide) groups is 1. The van der Waals surface area contributed by atoms with Crippen molar-refractivity contribution < 1.29 is 4.79 Å². The van der Waals surface area contributed by atoms with Crippen molar-refractivity contribution in [3.63, 3.8) is 0 Å². The molecule has 0 atom stereocenters. The van der Waals surface area contributed by atoms with Crippen LogP contribution in [0.5, 0.6) is 0 Å². The highest BCUT2D eigenvalue weighted by Crippen LogP contribution is 2.23. The van der Waals surface area contributed by atoms with Crippen LogP contribution in [0, 0.1) is 6.92 Å².